The van der Waals surface area contributed by atoms with Gasteiger partial charge in [0.25, 0.3) is 5.22 Å². The second-order valence-corrected chi connectivity index (χ2v) is 21.0. The molecule has 0 saturated carbocycles. The van der Waals surface area contributed by atoms with Crippen molar-refractivity contribution in [3.63, 3.8) is 0 Å². The molecule has 8 aromatic carbocycles. The minimum atomic E-state index is -1.62. The van der Waals surface area contributed by atoms with Gasteiger partial charge in [0.05, 0.1) is 55.3 Å². The van der Waals surface area contributed by atoms with Crippen molar-refractivity contribution in [3.05, 3.63) is 276 Å². The normalized spacial score (nSPS) is 22.0. The number of hydrogen-bond acceptors (Lipinski definition) is 17. The number of carbonyl (C=O) groups is 4. The number of carbonyl (C=O) groups excluding carboxylic acids is 4. The highest BCUT2D eigenvalue weighted by molar-refractivity contribution is 7.99. The van der Waals surface area contributed by atoms with Crippen molar-refractivity contribution in [2.24, 2.45) is 0 Å². The first-order valence-electron chi connectivity index (χ1n) is 27.7. The molecule has 2 saturated heterocycles. The topological polar surface area (TPSA) is 187 Å². The molecule has 0 N–H and O–H groups in total. The molecule has 2 fully saturated rings. The van der Waals surface area contributed by atoms with E-state index in [2.05, 4.69) is 0 Å². The van der Waals surface area contributed by atoms with E-state index in [1.807, 2.05) is 97.1 Å². The van der Waals surface area contributed by atoms with Crippen molar-refractivity contribution in [2.45, 2.75) is 85.6 Å². The first-order chi connectivity index (χ1) is 41.8. The van der Waals surface area contributed by atoms with E-state index in [1.54, 1.807) is 140 Å². The predicted molar refractivity (Wildman–Crippen MR) is 312 cm³/mol. The average Bonchev–Trinajstić information content (AvgIpc) is 3.37. The molecule has 0 aliphatic carbocycles. The molecule has 85 heavy (non-hydrogen) atoms. The molecule has 10 atom stereocenters. The Morgan fingerprint density at radius 3 is 1.27 bits per heavy atom. The zero-order valence-electron chi connectivity index (χ0n) is 45.8. The summed E-state index contributed by atoms with van der Waals surface area (Å²) in [7, 11) is 0. The van der Waals surface area contributed by atoms with Crippen LogP contribution in [0.3, 0.4) is 0 Å². The van der Waals surface area contributed by atoms with E-state index >= 15 is 0 Å². The van der Waals surface area contributed by atoms with Gasteiger partial charge in [-0.2, -0.15) is 0 Å². The molecule has 0 unspecified atom stereocenters. The van der Waals surface area contributed by atoms with Crippen LogP contribution < -0.4 is 0 Å². The van der Waals surface area contributed by atoms with Crippen molar-refractivity contribution < 1.29 is 71.0 Å². The Morgan fingerprint density at radius 2 is 0.776 bits per heavy atom. The molecule has 1 aromatic heterocycles. The van der Waals surface area contributed by atoms with Gasteiger partial charge in [-0.05, 0) is 89.1 Å². The Morgan fingerprint density at radius 1 is 0.376 bits per heavy atom. The third-order valence-corrected chi connectivity index (χ3v) is 15.1. The standard InChI is InChI=1S/C68H59NO15S/c70-62(48-30-14-4-15-31-48)81-57-55(79-67(85-68-69-52-38-22-23-39-53(52)80-68)61(84-65(73)51-36-20-7-21-37-51)59(57)82-63(71)49-32-16-5-17-33-49)44-77-66-60(83-64(72)50-34-18-6-19-35-50)58(76-42-47-28-12-3-13-29-47)56(75-41-46-26-10-2-11-27-46)54(78-66)43-74-40-45-24-8-1-9-25-45/h1-39,54-61,66-67H,40-44H2/t54-,55-,56-,57-,58+,59+,60-,61-,66-,67+/m1/s1. The van der Waals surface area contributed by atoms with Crippen molar-refractivity contribution in [1.82, 2.24) is 4.98 Å². The van der Waals surface area contributed by atoms with Crippen LogP contribution in [0.2, 0.25) is 0 Å². The molecule has 16 nitrogen and oxygen atoms in total. The minimum Gasteiger partial charge on any atom is -0.452 e. The summed E-state index contributed by atoms with van der Waals surface area (Å²) in [5, 5.41) is 0.112. The molecule has 0 spiro atoms. The van der Waals surface area contributed by atoms with Gasteiger partial charge in [0.15, 0.2) is 41.7 Å². The number of para-hydroxylation sites is 2. The highest BCUT2D eigenvalue weighted by atomic mass is 32.2. The van der Waals surface area contributed by atoms with E-state index in [0.29, 0.717) is 11.1 Å². The molecule has 432 valence electrons. The molecule has 9 aromatic rings. The fraction of sp³-hybridized carbons (Fsp3) is 0.221. The molecular formula is C68H59NO15S. The van der Waals surface area contributed by atoms with Crippen LogP contribution in [0.1, 0.15) is 58.1 Å². The van der Waals surface area contributed by atoms with E-state index in [-0.39, 0.29) is 53.9 Å². The molecule has 3 heterocycles. The molecule has 2 aliphatic rings. The number of ether oxygens (including phenoxy) is 10. The summed E-state index contributed by atoms with van der Waals surface area (Å²) in [6.45, 7) is -0.190. The number of hydrogen-bond donors (Lipinski definition) is 0. The molecule has 17 heteroatoms. The number of rotatable bonds is 23. The van der Waals surface area contributed by atoms with Crippen LogP contribution in [0.4, 0.5) is 0 Å². The number of esters is 4. The maximum Gasteiger partial charge on any atom is 0.338 e. The fourth-order valence-electron chi connectivity index (χ4n) is 9.83. The quantitative estimate of drug-likeness (QED) is 0.0434. The Kier molecular flexibility index (Phi) is 19.6. The third kappa shape index (κ3) is 15.1. The maximum absolute atomic E-state index is 14.6. The van der Waals surface area contributed by atoms with Crippen LogP contribution in [-0.4, -0.2) is 103 Å². The van der Waals surface area contributed by atoms with Gasteiger partial charge in [-0.25, -0.2) is 24.2 Å². The molecule has 2 aliphatic heterocycles. The van der Waals surface area contributed by atoms with E-state index in [0.717, 1.165) is 28.5 Å². The summed E-state index contributed by atoms with van der Waals surface area (Å²) in [4.78, 5) is 62.7. The fourth-order valence-corrected chi connectivity index (χ4v) is 10.9. The van der Waals surface area contributed by atoms with Crippen LogP contribution in [-0.2, 0) is 67.2 Å². The van der Waals surface area contributed by atoms with E-state index < -0.39 is 91.0 Å². The smallest absolute Gasteiger partial charge is 0.338 e. The number of aromatic nitrogens is 1. The summed E-state index contributed by atoms with van der Waals surface area (Å²) >= 11 is 0.949. The lowest BCUT2D eigenvalue weighted by atomic mass is 9.97. The SMILES string of the molecule is O=C(O[C@@H]1[C@@H](OC(=O)c2ccccc2)[C@H](Sc2nc3ccccc3o2)O[C@H](CO[C@@H]2O[C@H](COCc3ccccc3)[C@@H](OCc3ccccc3)[C@H](OCc3ccccc3)[C@H]2OC(=O)c2ccccc2)[C@H]1OC(=O)c1ccccc1)c1ccccc1. The van der Waals surface area contributed by atoms with Gasteiger partial charge >= 0.3 is 23.9 Å². The second kappa shape index (κ2) is 28.7. The van der Waals surface area contributed by atoms with Gasteiger partial charge in [-0.3, -0.25) is 0 Å². The summed E-state index contributed by atoms with van der Waals surface area (Å²) in [6, 6.07) is 69.0. The lowest BCUT2D eigenvalue weighted by Crippen LogP contribution is -2.64. The zero-order valence-corrected chi connectivity index (χ0v) is 46.6. The Labute approximate surface area is 494 Å². The Balaban J connectivity index is 1.00. The summed E-state index contributed by atoms with van der Waals surface area (Å²) in [5.41, 5.74) is 2.97. The van der Waals surface area contributed by atoms with Crippen molar-refractivity contribution in [2.75, 3.05) is 13.2 Å². The van der Waals surface area contributed by atoms with Gasteiger partial charge in [0.1, 0.15) is 29.9 Å². The highest BCUT2D eigenvalue weighted by Crippen LogP contribution is 2.40. The predicted octanol–water partition coefficient (Wildman–Crippen LogP) is 11.7. The van der Waals surface area contributed by atoms with Crippen LogP contribution in [0.5, 0.6) is 0 Å². The minimum absolute atomic E-state index is 0.0504. The highest BCUT2D eigenvalue weighted by Gasteiger charge is 2.55. The van der Waals surface area contributed by atoms with Crippen LogP contribution >= 0.6 is 11.8 Å². The lowest BCUT2D eigenvalue weighted by Gasteiger charge is -2.47. The first kappa shape index (κ1) is 58.0. The molecular weight excluding hydrogens is 1100 g/mol. The Hall–Kier alpha value is -8.78. The lowest BCUT2D eigenvalue weighted by molar-refractivity contribution is -0.325. The Bertz CT molecular complexity index is 3540. The second-order valence-electron chi connectivity index (χ2n) is 20.0. The monoisotopic (exact) mass is 1160 g/mol. The van der Waals surface area contributed by atoms with Crippen LogP contribution in [0, 0.1) is 0 Å². The van der Waals surface area contributed by atoms with Gasteiger partial charge in [-0.15, -0.1) is 0 Å². The zero-order chi connectivity index (χ0) is 58.2. The van der Waals surface area contributed by atoms with Gasteiger partial charge < -0.3 is 51.8 Å². The first-order valence-corrected chi connectivity index (χ1v) is 28.6. The maximum atomic E-state index is 14.6. The number of oxazole rings is 1. The van der Waals surface area contributed by atoms with E-state index in [1.165, 1.54) is 0 Å². The third-order valence-electron chi connectivity index (χ3n) is 14.1. The molecule has 0 amide bonds. The average molecular weight is 1160 g/mol. The molecule has 11 rings (SSSR count). The summed E-state index contributed by atoms with van der Waals surface area (Å²) < 4.78 is 73.2. The van der Waals surface area contributed by atoms with Crippen molar-refractivity contribution >= 4 is 46.7 Å². The number of fused-ring (bicyclic) bond motifs is 1. The van der Waals surface area contributed by atoms with Crippen molar-refractivity contribution in [1.29, 1.82) is 0 Å². The number of thioether (sulfide) groups is 1. The van der Waals surface area contributed by atoms with E-state index in [9.17, 15) is 19.2 Å². The van der Waals surface area contributed by atoms with Gasteiger partial charge in [-0.1, -0.05) is 176 Å². The van der Waals surface area contributed by atoms with Crippen molar-refractivity contribution in [3.8, 4) is 0 Å². The summed E-state index contributed by atoms with van der Waals surface area (Å²) in [6.07, 6.45) is -12.0. The summed E-state index contributed by atoms with van der Waals surface area (Å²) in [5.74, 6) is -3.18. The van der Waals surface area contributed by atoms with E-state index in [4.69, 9.17) is 56.8 Å². The van der Waals surface area contributed by atoms with Gasteiger partial charge in [0, 0.05) is 0 Å². The number of benzene rings is 8. The van der Waals surface area contributed by atoms with Gasteiger partial charge in [0.2, 0.25) is 0 Å². The van der Waals surface area contributed by atoms with Crippen LogP contribution in [0.25, 0.3) is 11.1 Å². The number of nitrogens with zero attached hydrogens (tertiary/aromatic N) is 1. The molecule has 0 radical (unpaired) electrons. The molecule has 0 bridgehead atoms. The largest absolute Gasteiger partial charge is 0.452 e. The van der Waals surface area contributed by atoms with Crippen LogP contribution in [0.15, 0.2) is 246 Å².